The van der Waals surface area contributed by atoms with Gasteiger partial charge in [-0.1, -0.05) is 37.0 Å². The van der Waals surface area contributed by atoms with Gasteiger partial charge in [-0.05, 0) is 24.3 Å². The molecule has 132 valence electrons. The number of benzene rings is 1. The molecule has 8 heteroatoms. The van der Waals surface area contributed by atoms with E-state index in [1.807, 2.05) is 0 Å². The molecule has 2 rings (SSSR count). The normalized spacial score (nSPS) is 21.4. The predicted molar refractivity (Wildman–Crippen MR) is 81.4 cm³/mol. The van der Waals surface area contributed by atoms with Crippen LogP contribution in [0.25, 0.3) is 0 Å². The van der Waals surface area contributed by atoms with Crippen LogP contribution >= 0.6 is 23.2 Å². The van der Waals surface area contributed by atoms with Crippen LogP contribution in [-0.4, -0.2) is 5.97 Å². The van der Waals surface area contributed by atoms with Crippen LogP contribution in [-0.2, 0) is 16.1 Å². The van der Waals surface area contributed by atoms with E-state index in [0.717, 1.165) is 6.92 Å². The smallest absolute Gasteiger partial charge is 0.310 e. The molecule has 0 saturated heterocycles. The van der Waals surface area contributed by atoms with Crippen LogP contribution < -0.4 is 0 Å². The Morgan fingerprint density at radius 1 is 1.12 bits per heavy atom. The Bertz CT molecular complexity index is 698. The minimum atomic E-state index is -1.57. The van der Waals surface area contributed by atoms with Crippen LogP contribution in [0.15, 0.2) is 10.6 Å². The molecule has 1 aliphatic rings. The van der Waals surface area contributed by atoms with Crippen molar-refractivity contribution in [2.75, 3.05) is 0 Å². The third kappa shape index (κ3) is 3.26. The van der Waals surface area contributed by atoms with Gasteiger partial charge in [-0.3, -0.25) is 4.79 Å². The lowest BCUT2D eigenvalue weighted by Gasteiger charge is -2.10. The fraction of sp³-hybridized carbons (Fsp3) is 0.438. The van der Waals surface area contributed by atoms with Gasteiger partial charge in [-0.2, -0.15) is 0 Å². The third-order valence-corrected chi connectivity index (χ3v) is 4.65. The van der Waals surface area contributed by atoms with Gasteiger partial charge in [0.1, 0.15) is 11.1 Å². The van der Waals surface area contributed by atoms with E-state index in [1.165, 1.54) is 6.08 Å². The first kappa shape index (κ1) is 19.1. The fourth-order valence-electron chi connectivity index (χ4n) is 2.72. The van der Waals surface area contributed by atoms with Crippen LogP contribution in [0, 0.1) is 47.4 Å². The van der Waals surface area contributed by atoms with Gasteiger partial charge < -0.3 is 4.74 Å². The average Bonchev–Trinajstić information content (AvgIpc) is 3.02. The summed E-state index contributed by atoms with van der Waals surface area (Å²) >= 11 is 11.1. The number of carbonyl (C=O) groups is 1. The van der Waals surface area contributed by atoms with Gasteiger partial charge in [-0.25, -0.2) is 17.6 Å². The molecule has 0 bridgehead atoms. The van der Waals surface area contributed by atoms with Crippen molar-refractivity contribution in [3.8, 4) is 0 Å². The van der Waals surface area contributed by atoms with E-state index < -0.39 is 58.3 Å². The molecule has 24 heavy (non-hydrogen) atoms. The minimum absolute atomic E-state index is 0.0110. The maximum atomic E-state index is 13.8. The molecule has 1 aliphatic carbocycles. The molecule has 1 saturated carbocycles. The summed E-state index contributed by atoms with van der Waals surface area (Å²) in [5.41, 5.74) is -2.23. The summed E-state index contributed by atoms with van der Waals surface area (Å²) in [4.78, 5) is 12.1. The summed E-state index contributed by atoms with van der Waals surface area (Å²) in [6.07, 6.45) is 1.47. The van der Waals surface area contributed by atoms with Crippen molar-refractivity contribution in [1.29, 1.82) is 0 Å². The molecule has 0 radical (unpaired) electrons. The summed E-state index contributed by atoms with van der Waals surface area (Å²) in [6.45, 7) is 3.53. The van der Waals surface area contributed by atoms with Crippen LogP contribution in [0.4, 0.5) is 17.6 Å². The van der Waals surface area contributed by atoms with Crippen molar-refractivity contribution in [3.63, 3.8) is 0 Å². The molecule has 0 heterocycles. The lowest BCUT2D eigenvalue weighted by atomic mass is 10.1. The molecule has 1 fully saturated rings. The largest absolute Gasteiger partial charge is 0.460 e. The molecule has 0 N–H and O–H groups in total. The van der Waals surface area contributed by atoms with Crippen LogP contribution in [0.5, 0.6) is 0 Å². The average molecular weight is 385 g/mol. The van der Waals surface area contributed by atoms with Crippen LogP contribution in [0.1, 0.15) is 25.0 Å². The standard InChI is InChI=1S/C16H14Cl2F4O2/c1-6-11(19)13(21)7(14(22)12(6)20)5-24-15(23)10-8(4-9(17)18)16(10,2)3/h4,8,10H,5H2,1-3H3/t8-,10-/m1/s1. The Labute approximate surface area is 146 Å². The Morgan fingerprint density at radius 2 is 1.62 bits per heavy atom. The van der Waals surface area contributed by atoms with Gasteiger partial charge in [0.2, 0.25) is 0 Å². The number of carbonyl (C=O) groups excluding carboxylic acids is 1. The van der Waals surface area contributed by atoms with E-state index in [4.69, 9.17) is 27.9 Å². The van der Waals surface area contributed by atoms with Gasteiger partial charge >= 0.3 is 5.97 Å². The summed E-state index contributed by atoms with van der Waals surface area (Å²) in [7, 11) is 0. The van der Waals surface area contributed by atoms with Crippen LogP contribution in [0.2, 0.25) is 0 Å². The lowest BCUT2D eigenvalue weighted by Crippen LogP contribution is -2.14. The van der Waals surface area contributed by atoms with Crippen molar-refractivity contribution in [3.05, 3.63) is 45.0 Å². The number of esters is 1. The summed E-state index contributed by atoms with van der Waals surface area (Å²) < 4.78 is 59.3. The molecule has 2 nitrogen and oxygen atoms in total. The number of hydrogen-bond acceptors (Lipinski definition) is 2. The fourth-order valence-corrected chi connectivity index (χ4v) is 2.99. The Morgan fingerprint density at radius 3 is 2.08 bits per heavy atom. The quantitative estimate of drug-likeness (QED) is 0.405. The lowest BCUT2D eigenvalue weighted by molar-refractivity contribution is -0.147. The van der Waals surface area contributed by atoms with E-state index in [9.17, 15) is 22.4 Å². The van der Waals surface area contributed by atoms with Gasteiger partial charge in [0, 0.05) is 5.56 Å². The molecule has 1 aromatic rings. The number of allylic oxidation sites excluding steroid dienone is 1. The van der Waals surface area contributed by atoms with Gasteiger partial charge in [-0.15, -0.1) is 0 Å². The zero-order chi connectivity index (χ0) is 18.4. The Hall–Kier alpha value is -1.27. The van der Waals surface area contributed by atoms with Crippen LogP contribution in [0.3, 0.4) is 0 Å². The highest BCUT2D eigenvalue weighted by Crippen LogP contribution is 2.60. The molecular weight excluding hydrogens is 371 g/mol. The molecule has 0 spiro atoms. The molecule has 0 aliphatic heterocycles. The second-order valence-electron chi connectivity index (χ2n) is 6.25. The first-order valence-electron chi connectivity index (χ1n) is 7.01. The van der Waals surface area contributed by atoms with Crippen molar-refractivity contribution in [2.24, 2.45) is 17.3 Å². The summed E-state index contributed by atoms with van der Waals surface area (Å²) in [5, 5.41) is 0. The molecule has 2 atom stereocenters. The highest BCUT2D eigenvalue weighted by atomic mass is 35.5. The molecule has 1 aromatic carbocycles. The van der Waals surface area contributed by atoms with Gasteiger partial charge in [0.15, 0.2) is 23.3 Å². The zero-order valence-corrected chi connectivity index (χ0v) is 14.5. The number of halogens is 6. The monoisotopic (exact) mass is 384 g/mol. The van der Waals surface area contributed by atoms with E-state index in [-0.39, 0.29) is 10.4 Å². The maximum Gasteiger partial charge on any atom is 0.310 e. The first-order chi connectivity index (χ1) is 11.0. The second-order valence-corrected chi connectivity index (χ2v) is 7.26. The van der Waals surface area contributed by atoms with Crippen molar-refractivity contribution >= 4 is 29.2 Å². The minimum Gasteiger partial charge on any atom is -0.460 e. The zero-order valence-electron chi connectivity index (χ0n) is 13.0. The molecular formula is C16H14Cl2F4O2. The van der Waals surface area contributed by atoms with E-state index >= 15 is 0 Å². The van der Waals surface area contributed by atoms with E-state index in [0.29, 0.717) is 0 Å². The first-order valence-corrected chi connectivity index (χ1v) is 7.76. The van der Waals surface area contributed by atoms with E-state index in [1.54, 1.807) is 13.8 Å². The molecule has 0 aromatic heterocycles. The third-order valence-electron chi connectivity index (χ3n) is 4.40. The topological polar surface area (TPSA) is 26.3 Å². The highest BCUT2D eigenvalue weighted by Gasteiger charge is 2.61. The summed E-state index contributed by atoms with van der Waals surface area (Å²) in [6, 6.07) is 0. The van der Waals surface area contributed by atoms with Crippen molar-refractivity contribution in [2.45, 2.75) is 27.4 Å². The number of ether oxygens (including phenoxy) is 1. The second kappa shape index (κ2) is 6.56. The SMILES string of the molecule is Cc1c(F)c(F)c(COC(=O)[C@H]2[C@@H](C=C(Cl)Cl)C2(C)C)c(F)c1F. The number of rotatable bonds is 4. The molecule has 0 unspecified atom stereocenters. The Balaban J connectivity index is 2.16. The van der Waals surface area contributed by atoms with Crippen molar-refractivity contribution < 1.29 is 27.1 Å². The molecule has 0 amide bonds. The Kier molecular flexibility index (Phi) is 5.21. The van der Waals surface area contributed by atoms with Gasteiger partial charge in [0.25, 0.3) is 0 Å². The van der Waals surface area contributed by atoms with Crippen molar-refractivity contribution in [1.82, 2.24) is 0 Å². The maximum absolute atomic E-state index is 13.8. The number of hydrogen-bond donors (Lipinski definition) is 0. The highest BCUT2D eigenvalue weighted by molar-refractivity contribution is 6.55. The van der Waals surface area contributed by atoms with Gasteiger partial charge in [0.05, 0.1) is 11.5 Å². The summed E-state index contributed by atoms with van der Waals surface area (Å²) in [5.74, 6) is -7.84. The predicted octanol–water partition coefficient (Wildman–Crippen LogP) is 5.19. The van der Waals surface area contributed by atoms with E-state index in [2.05, 4.69) is 0 Å².